The highest BCUT2D eigenvalue weighted by molar-refractivity contribution is 7.89. The second-order valence-electron chi connectivity index (χ2n) is 9.96. The number of aromatic nitrogens is 2. The summed E-state index contributed by atoms with van der Waals surface area (Å²) in [5.74, 6) is -1.29. The SMILES string of the molecule is Cc1ccc(-c2nc3ccc(C(=O)OC(C)C(=O)Nc4ccc(S(N)(=O)=O)cc4)cc3nc2-c2ccc(C)cc2)cc1. The molecule has 5 rings (SSSR count). The smallest absolute Gasteiger partial charge is 0.338 e. The summed E-state index contributed by atoms with van der Waals surface area (Å²) in [6.07, 6.45) is -1.13. The second kappa shape index (κ2) is 11.5. The van der Waals surface area contributed by atoms with Crippen LogP contribution in [0.25, 0.3) is 33.5 Å². The summed E-state index contributed by atoms with van der Waals surface area (Å²) in [5, 5.41) is 7.69. The number of rotatable bonds is 7. The number of fused-ring (bicyclic) bond motifs is 1. The third-order valence-electron chi connectivity index (χ3n) is 6.65. The van der Waals surface area contributed by atoms with Crippen LogP contribution in [0, 0.1) is 13.8 Å². The van der Waals surface area contributed by atoms with Crippen LogP contribution in [-0.2, 0) is 19.6 Å². The van der Waals surface area contributed by atoms with Gasteiger partial charge in [0, 0.05) is 16.8 Å². The van der Waals surface area contributed by atoms with Gasteiger partial charge < -0.3 is 10.1 Å². The number of sulfonamides is 1. The summed E-state index contributed by atoms with van der Waals surface area (Å²) in [6.45, 7) is 5.48. The van der Waals surface area contributed by atoms with Gasteiger partial charge in [-0.15, -0.1) is 0 Å². The fraction of sp³-hybridized carbons (Fsp3) is 0.125. The van der Waals surface area contributed by atoms with E-state index < -0.39 is 28.0 Å². The summed E-state index contributed by atoms with van der Waals surface area (Å²) >= 11 is 0. The number of amides is 1. The zero-order valence-electron chi connectivity index (χ0n) is 23.2. The Hall–Kier alpha value is -4.93. The zero-order valence-corrected chi connectivity index (χ0v) is 24.0. The number of aryl methyl sites for hydroxylation is 2. The van der Waals surface area contributed by atoms with Crippen molar-refractivity contribution in [1.29, 1.82) is 0 Å². The number of carbonyl (C=O) groups excluding carboxylic acids is 2. The molecule has 0 saturated heterocycles. The van der Waals surface area contributed by atoms with E-state index in [9.17, 15) is 18.0 Å². The van der Waals surface area contributed by atoms with Crippen molar-refractivity contribution in [3.8, 4) is 22.5 Å². The molecular weight excluding hydrogens is 552 g/mol. The minimum absolute atomic E-state index is 0.0871. The van der Waals surface area contributed by atoms with Gasteiger partial charge in [0.1, 0.15) is 0 Å². The van der Waals surface area contributed by atoms with Crippen molar-refractivity contribution in [3.63, 3.8) is 0 Å². The fourth-order valence-electron chi connectivity index (χ4n) is 4.26. The highest BCUT2D eigenvalue weighted by Crippen LogP contribution is 2.31. The standard InChI is InChI=1S/C32H28N4O5S/c1-19-4-8-22(9-5-19)29-30(23-10-6-20(2)7-11-23)36-28-18-24(12-17-27(28)35-29)32(38)41-21(3)31(37)34-25-13-15-26(16-14-25)42(33,39)40/h4-18,21H,1-3H3,(H,34,37)(H2,33,39,40). The second-order valence-corrected chi connectivity index (χ2v) is 11.5. The average molecular weight is 581 g/mol. The molecule has 1 heterocycles. The highest BCUT2D eigenvalue weighted by Gasteiger charge is 2.21. The molecule has 42 heavy (non-hydrogen) atoms. The lowest BCUT2D eigenvalue weighted by Crippen LogP contribution is -2.30. The molecule has 1 atom stereocenters. The Kier molecular flexibility index (Phi) is 7.84. The molecule has 0 radical (unpaired) electrons. The van der Waals surface area contributed by atoms with Gasteiger partial charge in [-0.3, -0.25) is 4.79 Å². The number of carbonyl (C=O) groups is 2. The fourth-order valence-corrected chi connectivity index (χ4v) is 4.78. The molecule has 3 N–H and O–H groups in total. The molecule has 1 unspecified atom stereocenters. The maximum absolute atomic E-state index is 13.0. The topological polar surface area (TPSA) is 141 Å². The number of nitrogens with one attached hydrogen (secondary N) is 1. The van der Waals surface area contributed by atoms with E-state index in [0.717, 1.165) is 27.9 Å². The van der Waals surface area contributed by atoms with Crippen molar-refractivity contribution in [1.82, 2.24) is 9.97 Å². The first kappa shape index (κ1) is 28.6. The van der Waals surface area contributed by atoms with Crippen LogP contribution in [0.5, 0.6) is 0 Å². The van der Waals surface area contributed by atoms with Crippen LogP contribution in [0.4, 0.5) is 5.69 Å². The molecule has 1 amide bonds. The molecule has 212 valence electrons. The Morgan fingerprint density at radius 3 is 1.81 bits per heavy atom. The van der Waals surface area contributed by atoms with Gasteiger partial charge in [-0.1, -0.05) is 59.7 Å². The van der Waals surface area contributed by atoms with E-state index in [1.165, 1.54) is 31.2 Å². The third kappa shape index (κ3) is 6.35. The lowest BCUT2D eigenvalue weighted by atomic mass is 10.0. The van der Waals surface area contributed by atoms with E-state index >= 15 is 0 Å². The van der Waals surface area contributed by atoms with Crippen LogP contribution < -0.4 is 10.5 Å². The number of nitrogens with zero attached hydrogens (tertiary/aromatic N) is 2. The summed E-state index contributed by atoms with van der Waals surface area (Å²) in [6, 6.07) is 26.3. The molecule has 4 aromatic carbocycles. The lowest BCUT2D eigenvalue weighted by Gasteiger charge is -2.14. The molecule has 9 nitrogen and oxygen atoms in total. The van der Waals surface area contributed by atoms with E-state index in [-0.39, 0.29) is 10.5 Å². The van der Waals surface area contributed by atoms with Crippen LogP contribution in [0.2, 0.25) is 0 Å². The van der Waals surface area contributed by atoms with E-state index in [2.05, 4.69) is 5.32 Å². The van der Waals surface area contributed by atoms with E-state index in [1.54, 1.807) is 18.2 Å². The van der Waals surface area contributed by atoms with Gasteiger partial charge in [-0.05, 0) is 63.2 Å². The van der Waals surface area contributed by atoms with Gasteiger partial charge >= 0.3 is 5.97 Å². The molecular formula is C32H28N4O5S. The first-order valence-corrected chi connectivity index (χ1v) is 14.6. The maximum atomic E-state index is 13.0. The van der Waals surface area contributed by atoms with Gasteiger partial charge in [0.25, 0.3) is 5.91 Å². The predicted octanol–water partition coefficient (Wildman–Crippen LogP) is 5.41. The Morgan fingerprint density at radius 1 is 0.762 bits per heavy atom. The Morgan fingerprint density at radius 2 is 1.29 bits per heavy atom. The molecule has 0 fully saturated rings. The third-order valence-corrected chi connectivity index (χ3v) is 7.58. The first-order chi connectivity index (χ1) is 20.0. The van der Waals surface area contributed by atoms with E-state index in [1.807, 2.05) is 62.4 Å². The monoisotopic (exact) mass is 580 g/mol. The Labute approximate surface area is 243 Å². The minimum Gasteiger partial charge on any atom is -0.449 e. The number of hydrogen-bond acceptors (Lipinski definition) is 7. The number of ether oxygens (including phenoxy) is 1. The quantitative estimate of drug-likeness (QED) is 0.245. The van der Waals surface area contributed by atoms with Gasteiger partial charge in [0.2, 0.25) is 10.0 Å². The summed E-state index contributed by atoms with van der Waals surface area (Å²) in [4.78, 5) is 35.4. The van der Waals surface area contributed by atoms with Crippen molar-refractivity contribution >= 4 is 38.6 Å². The molecule has 10 heteroatoms. The molecule has 0 saturated carbocycles. The molecule has 0 spiro atoms. The molecule has 0 aliphatic rings. The average Bonchev–Trinajstić information content (AvgIpc) is 2.97. The van der Waals surface area contributed by atoms with Gasteiger partial charge in [0.05, 0.1) is 32.9 Å². The Bertz CT molecular complexity index is 1900. The predicted molar refractivity (Wildman–Crippen MR) is 161 cm³/mol. The first-order valence-electron chi connectivity index (χ1n) is 13.1. The van der Waals surface area contributed by atoms with Crippen LogP contribution in [0.3, 0.4) is 0 Å². The Balaban J connectivity index is 1.40. The van der Waals surface area contributed by atoms with Crippen LogP contribution in [-0.4, -0.2) is 36.4 Å². The van der Waals surface area contributed by atoms with E-state index in [0.29, 0.717) is 22.4 Å². The molecule has 0 aliphatic carbocycles. The normalized spacial score (nSPS) is 12.1. The largest absolute Gasteiger partial charge is 0.449 e. The molecule has 1 aromatic heterocycles. The lowest BCUT2D eigenvalue weighted by molar-refractivity contribution is -0.123. The van der Waals surface area contributed by atoms with Crippen molar-refractivity contribution in [2.24, 2.45) is 5.14 Å². The summed E-state index contributed by atoms with van der Waals surface area (Å²) < 4.78 is 28.3. The molecule has 0 bridgehead atoms. The van der Waals surface area contributed by atoms with Crippen molar-refractivity contribution in [2.75, 3.05) is 5.32 Å². The number of esters is 1. The molecule has 5 aromatic rings. The van der Waals surface area contributed by atoms with Gasteiger partial charge in [-0.25, -0.2) is 28.3 Å². The highest BCUT2D eigenvalue weighted by atomic mass is 32.2. The van der Waals surface area contributed by atoms with Gasteiger partial charge in [-0.2, -0.15) is 0 Å². The van der Waals surface area contributed by atoms with Crippen molar-refractivity contribution < 1.29 is 22.7 Å². The van der Waals surface area contributed by atoms with Crippen LogP contribution in [0.15, 0.2) is 95.9 Å². The van der Waals surface area contributed by atoms with Crippen LogP contribution >= 0.6 is 0 Å². The van der Waals surface area contributed by atoms with Crippen molar-refractivity contribution in [2.45, 2.75) is 31.8 Å². The number of hydrogen-bond donors (Lipinski definition) is 2. The van der Waals surface area contributed by atoms with Gasteiger partial charge in [0.15, 0.2) is 6.10 Å². The zero-order chi connectivity index (χ0) is 30.0. The summed E-state index contributed by atoms with van der Waals surface area (Å²) in [5.41, 5.74) is 7.12. The van der Waals surface area contributed by atoms with Crippen LogP contribution in [0.1, 0.15) is 28.4 Å². The number of anilines is 1. The number of nitrogens with two attached hydrogens (primary N) is 1. The number of benzene rings is 4. The minimum atomic E-state index is -3.86. The molecule has 0 aliphatic heterocycles. The van der Waals surface area contributed by atoms with E-state index in [4.69, 9.17) is 19.8 Å². The summed E-state index contributed by atoms with van der Waals surface area (Å²) in [7, 11) is -3.86. The maximum Gasteiger partial charge on any atom is 0.338 e. The van der Waals surface area contributed by atoms with Crippen molar-refractivity contribution in [3.05, 3.63) is 108 Å². The number of primary sulfonamides is 1.